The van der Waals surface area contributed by atoms with Gasteiger partial charge in [-0.05, 0) is 52.1 Å². The lowest BCUT2D eigenvalue weighted by molar-refractivity contribution is -0.0157. The molecule has 3 N–H and O–H groups in total. The van der Waals surface area contributed by atoms with Crippen molar-refractivity contribution in [3.05, 3.63) is 0 Å². The van der Waals surface area contributed by atoms with Crippen LogP contribution in [0, 0.1) is 0 Å². The minimum atomic E-state index is -0.485. The molecule has 0 saturated carbocycles. The Bertz CT molecular complexity index is 219. The molecule has 1 aliphatic rings. The summed E-state index contributed by atoms with van der Waals surface area (Å²) in [6, 6.07) is 0. The summed E-state index contributed by atoms with van der Waals surface area (Å²) in [6.07, 6.45) is 5.06. The zero-order valence-corrected chi connectivity index (χ0v) is 10.4. The van der Waals surface area contributed by atoms with E-state index in [4.69, 9.17) is 18.0 Å². The molecule has 1 heterocycles. The molecule has 0 bridgehead atoms. The second kappa shape index (κ2) is 5.77. The van der Waals surface area contributed by atoms with Crippen LogP contribution in [0.25, 0.3) is 0 Å². The summed E-state index contributed by atoms with van der Waals surface area (Å²) >= 11 is 4.83. The van der Waals surface area contributed by atoms with Gasteiger partial charge < -0.3 is 15.7 Å². The van der Waals surface area contributed by atoms with Gasteiger partial charge in [-0.1, -0.05) is 12.2 Å². The highest BCUT2D eigenvalue weighted by Gasteiger charge is 2.27. The minimum Gasteiger partial charge on any atom is -0.393 e. The third-order valence-electron chi connectivity index (χ3n) is 2.90. The first-order chi connectivity index (χ1) is 6.99. The molecule has 3 nitrogen and oxygen atoms in total. The number of nitrogens with zero attached hydrogens (tertiary/aromatic N) is 1. The largest absolute Gasteiger partial charge is 0.393 e. The standard InChI is InChI=1S/C11H22N2OS/c1-11(14)6-4-8-13(9-11)7-3-2-5-10(12)15/h14H,2-9H2,1H3,(H2,12,15). The molecule has 1 fully saturated rings. The fourth-order valence-electron chi connectivity index (χ4n) is 2.15. The Hall–Kier alpha value is -0.190. The van der Waals surface area contributed by atoms with Crippen LogP contribution in [0.5, 0.6) is 0 Å². The molecule has 1 unspecified atom stereocenters. The maximum absolute atomic E-state index is 9.91. The maximum Gasteiger partial charge on any atom is 0.0746 e. The van der Waals surface area contributed by atoms with E-state index in [1.54, 1.807) is 0 Å². The molecule has 88 valence electrons. The second-order valence-electron chi connectivity index (χ2n) is 4.80. The first-order valence-electron chi connectivity index (χ1n) is 5.73. The molecule has 0 amide bonds. The third-order valence-corrected chi connectivity index (χ3v) is 3.11. The molecular weight excluding hydrogens is 208 g/mol. The zero-order valence-electron chi connectivity index (χ0n) is 9.54. The smallest absolute Gasteiger partial charge is 0.0746 e. The lowest BCUT2D eigenvalue weighted by Crippen LogP contribution is -2.46. The van der Waals surface area contributed by atoms with Crippen LogP contribution in [0.3, 0.4) is 0 Å². The fraction of sp³-hybridized carbons (Fsp3) is 0.909. The van der Waals surface area contributed by atoms with E-state index in [0.717, 1.165) is 51.7 Å². The zero-order chi connectivity index (χ0) is 11.3. The fourth-order valence-corrected chi connectivity index (χ4v) is 2.29. The van der Waals surface area contributed by atoms with E-state index in [1.807, 2.05) is 6.92 Å². The maximum atomic E-state index is 9.91. The van der Waals surface area contributed by atoms with Gasteiger partial charge in [-0.25, -0.2) is 0 Å². The van der Waals surface area contributed by atoms with Crippen molar-refractivity contribution in [2.24, 2.45) is 5.73 Å². The number of nitrogens with two attached hydrogens (primary N) is 1. The van der Waals surface area contributed by atoms with Crippen molar-refractivity contribution in [1.82, 2.24) is 4.90 Å². The molecule has 0 aromatic carbocycles. The summed E-state index contributed by atoms with van der Waals surface area (Å²) in [5.41, 5.74) is 4.95. The predicted molar refractivity (Wildman–Crippen MR) is 66.9 cm³/mol. The van der Waals surface area contributed by atoms with Gasteiger partial charge in [-0.3, -0.25) is 0 Å². The number of hydrogen-bond acceptors (Lipinski definition) is 3. The van der Waals surface area contributed by atoms with Gasteiger partial charge in [0.25, 0.3) is 0 Å². The summed E-state index contributed by atoms with van der Waals surface area (Å²) < 4.78 is 0. The molecule has 1 aliphatic heterocycles. The summed E-state index contributed by atoms with van der Waals surface area (Å²) in [5, 5.41) is 9.91. The Morgan fingerprint density at radius 2 is 2.27 bits per heavy atom. The first-order valence-corrected chi connectivity index (χ1v) is 6.13. The number of unbranched alkanes of at least 4 members (excludes halogenated alkanes) is 1. The van der Waals surface area contributed by atoms with Gasteiger partial charge in [0.05, 0.1) is 10.6 Å². The van der Waals surface area contributed by atoms with E-state index in [1.165, 1.54) is 0 Å². The SMILES string of the molecule is CC1(O)CCCN(CCCCC(N)=S)C1. The van der Waals surface area contributed by atoms with Crippen molar-refractivity contribution in [3.8, 4) is 0 Å². The number of aliphatic hydroxyl groups is 1. The van der Waals surface area contributed by atoms with Crippen molar-refractivity contribution in [2.45, 2.75) is 44.6 Å². The molecule has 1 saturated heterocycles. The molecule has 0 aliphatic carbocycles. The average molecular weight is 230 g/mol. The summed E-state index contributed by atoms with van der Waals surface area (Å²) in [4.78, 5) is 2.95. The van der Waals surface area contributed by atoms with Crippen molar-refractivity contribution in [3.63, 3.8) is 0 Å². The van der Waals surface area contributed by atoms with Crippen LogP contribution in [0.15, 0.2) is 0 Å². The van der Waals surface area contributed by atoms with Gasteiger partial charge in [-0.2, -0.15) is 0 Å². The normalized spacial score (nSPS) is 27.9. The van der Waals surface area contributed by atoms with Crippen LogP contribution < -0.4 is 5.73 Å². The molecule has 1 atom stereocenters. The minimum absolute atomic E-state index is 0.485. The molecule has 0 radical (unpaired) electrons. The van der Waals surface area contributed by atoms with Crippen LogP contribution in [0.4, 0.5) is 0 Å². The van der Waals surface area contributed by atoms with E-state index in [-0.39, 0.29) is 0 Å². The van der Waals surface area contributed by atoms with E-state index in [2.05, 4.69) is 4.90 Å². The quantitative estimate of drug-likeness (QED) is 0.552. The van der Waals surface area contributed by atoms with Crippen LogP contribution in [0.2, 0.25) is 0 Å². The molecule has 0 aromatic rings. The van der Waals surface area contributed by atoms with Crippen molar-refractivity contribution in [2.75, 3.05) is 19.6 Å². The second-order valence-corrected chi connectivity index (χ2v) is 5.32. The van der Waals surface area contributed by atoms with Crippen molar-refractivity contribution in [1.29, 1.82) is 0 Å². The first kappa shape index (κ1) is 12.9. The molecule has 4 heteroatoms. The van der Waals surface area contributed by atoms with Gasteiger partial charge in [0, 0.05) is 6.54 Å². The van der Waals surface area contributed by atoms with E-state index >= 15 is 0 Å². The molecule has 0 aromatic heterocycles. The Balaban J connectivity index is 2.13. The lowest BCUT2D eigenvalue weighted by atomic mass is 9.95. The van der Waals surface area contributed by atoms with Gasteiger partial charge in [0.15, 0.2) is 0 Å². The molecule has 1 rings (SSSR count). The number of piperidine rings is 1. The van der Waals surface area contributed by atoms with Crippen LogP contribution in [0.1, 0.15) is 39.0 Å². The number of β-amino-alcohol motifs (C(OH)–C–C–N with tert-alkyl or cyclic N) is 1. The highest BCUT2D eigenvalue weighted by atomic mass is 32.1. The van der Waals surface area contributed by atoms with Gasteiger partial charge in [0.2, 0.25) is 0 Å². The van der Waals surface area contributed by atoms with Crippen LogP contribution >= 0.6 is 12.2 Å². The number of rotatable bonds is 5. The van der Waals surface area contributed by atoms with Crippen molar-refractivity contribution >= 4 is 17.2 Å². The summed E-state index contributed by atoms with van der Waals surface area (Å²) in [7, 11) is 0. The number of hydrogen-bond donors (Lipinski definition) is 2. The van der Waals surface area contributed by atoms with E-state index < -0.39 is 5.60 Å². The molecule has 15 heavy (non-hydrogen) atoms. The van der Waals surface area contributed by atoms with Gasteiger partial charge >= 0.3 is 0 Å². The Morgan fingerprint density at radius 1 is 1.53 bits per heavy atom. The van der Waals surface area contributed by atoms with Gasteiger partial charge in [-0.15, -0.1) is 0 Å². The summed E-state index contributed by atoms with van der Waals surface area (Å²) in [5.74, 6) is 0. The Labute approximate surface area is 97.6 Å². The topological polar surface area (TPSA) is 49.5 Å². The van der Waals surface area contributed by atoms with E-state index in [0.29, 0.717) is 4.99 Å². The molecular formula is C11H22N2OS. The number of thiocarbonyl (C=S) groups is 1. The predicted octanol–water partition coefficient (Wildman–Crippen LogP) is 1.29. The van der Waals surface area contributed by atoms with Crippen molar-refractivity contribution < 1.29 is 5.11 Å². The van der Waals surface area contributed by atoms with Crippen LogP contribution in [-0.4, -0.2) is 40.2 Å². The Kier molecular flexibility index (Phi) is 4.96. The average Bonchev–Trinajstić information content (AvgIpc) is 2.10. The van der Waals surface area contributed by atoms with Crippen LogP contribution in [-0.2, 0) is 0 Å². The molecule has 0 spiro atoms. The third kappa shape index (κ3) is 5.44. The summed E-state index contributed by atoms with van der Waals surface area (Å²) in [6.45, 7) is 4.90. The number of likely N-dealkylation sites (tertiary alicyclic amines) is 1. The highest BCUT2D eigenvalue weighted by Crippen LogP contribution is 2.20. The van der Waals surface area contributed by atoms with Gasteiger partial charge in [0.1, 0.15) is 0 Å². The monoisotopic (exact) mass is 230 g/mol. The highest BCUT2D eigenvalue weighted by molar-refractivity contribution is 7.80. The lowest BCUT2D eigenvalue weighted by Gasteiger charge is -2.36. The Morgan fingerprint density at radius 3 is 2.87 bits per heavy atom. The van der Waals surface area contributed by atoms with E-state index in [9.17, 15) is 5.11 Å².